The molecule has 0 amide bonds. The van der Waals surface area contributed by atoms with Crippen LogP contribution in [0.5, 0.6) is 5.75 Å². The molecule has 0 bridgehead atoms. The molecule has 0 radical (unpaired) electrons. The first kappa shape index (κ1) is 14.0. The minimum absolute atomic E-state index is 0.286. The maximum atomic E-state index is 5.40. The van der Waals surface area contributed by atoms with Crippen molar-refractivity contribution in [3.05, 3.63) is 28.2 Å². The van der Waals surface area contributed by atoms with Crippen LogP contribution in [0, 0.1) is 5.41 Å². The molecule has 0 aliphatic heterocycles. The summed E-state index contributed by atoms with van der Waals surface area (Å²) in [6, 6.07) is 6.18. The number of hydrogen-bond donors (Lipinski definition) is 0. The molecule has 0 aromatic heterocycles. The zero-order valence-corrected chi connectivity index (χ0v) is 13.2. The van der Waals surface area contributed by atoms with Crippen molar-refractivity contribution >= 4 is 31.9 Å². The van der Waals surface area contributed by atoms with Gasteiger partial charge in [-0.25, -0.2) is 0 Å². The van der Waals surface area contributed by atoms with E-state index in [1.165, 1.54) is 5.56 Å². The Kier molecular flexibility index (Phi) is 5.32. The smallest absolute Gasteiger partial charge is 0.122 e. The molecule has 1 unspecified atom stereocenters. The lowest BCUT2D eigenvalue weighted by atomic mass is 9.83. The summed E-state index contributed by atoms with van der Waals surface area (Å²) in [6.45, 7) is 4.52. The number of alkyl halides is 1. The van der Waals surface area contributed by atoms with Crippen molar-refractivity contribution < 1.29 is 4.74 Å². The average molecular weight is 350 g/mol. The highest BCUT2D eigenvalue weighted by atomic mass is 79.9. The Hall–Kier alpha value is -0.0200. The van der Waals surface area contributed by atoms with Crippen LogP contribution >= 0.6 is 31.9 Å². The van der Waals surface area contributed by atoms with Crippen LogP contribution in [0.2, 0.25) is 0 Å². The van der Waals surface area contributed by atoms with Crippen molar-refractivity contribution in [1.82, 2.24) is 0 Å². The van der Waals surface area contributed by atoms with Crippen LogP contribution in [-0.2, 0) is 6.42 Å². The Bertz CT molecular complexity index is 346. The third-order valence-corrected chi connectivity index (χ3v) is 4.88. The van der Waals surface area contributed by atoms with Gasteiger partial charge in [0.25, 0.3) is 0 Å². The van der Waals surface area contributed by atoms with Gasteiger partial charge in [0.2, 0.25) is 0 Å². The van der Waals surface area contributed by atoms with Gasteiger partial charge in [-0.3, -0.25) is 0 Å². The maximum absolute atomic E-state index is 5.40. The van der Waals surface area contributed by atoms with Crippen LogP contribution in [0.1, 0.15) is 25.8 Å². The standard InChI is InChI=1S/C13H18Br2O/c1-4-13(2,9-14)8-10-7-11(15)5-6-12(10)16-3/h5-7H,4,8-9H2,1-3H3. The molecule has 0 saturated carbocycles. The highest BCUT2D eigenvalue weighted by Gasteiger charge is 2.22. The molecule has 1 aromatic carbocycles. The third-order valence-electron chi connectivity index (χ3n) is 3.04. The Morgan fingerprint density at radius 2 is 2.06 bits per heavy atom. The zero-order valence-electron chi connectivity index (χ0n) is 10.0. The van der Waals surface area contributed by atoms with Gasteiger partial charge in [0, 0.05) is 9.80 Å². The fourth-order valence-electron chi connectivity index (χ4n) is 1.61. The second-order valence-corrected chi connectivity index (χ2v) is 5.91. The van der Waals surface area contributed by atoms with Gasteiger partial charge in [-0.05, 0) is 42.0 Å². The first-order valence-corrected chi connectivity index (χ1v) is 7.34. The van der Waals surface area contributed by atoms with Gasteiger partial charge in [-0.15, -0.1) is 0 Å². The summed E-state index contributed by atoms with van der Waals surface area (Å²) in [5.41, 5.74) is 1.55. The van der Waals surface area contributed by atoms with Gasteiger partial charge >= 0.3 is 0 Å². The second kappa shape index (κ2) is 6.06. The summed E-state index contributed by atoms with van der Waals surface area (Å²) in [5.74, 6) is 0.976. The first-order valence-electron chi connectivity index (χ1n) is 5.43. The van der Waals surface area contributed by atoms with Gasteiger partial charge in [-0.2, -0.15) is 0 Å². The van der Waals surface area contributed by atoms with E-state index in [-0.39, 0.29) is 5.41 Å². The molecule has 0 spiro atoms. The normalized spacial score (nSPS) is 14.6. The quantitative estimate of drug-likeness (QED) is 0.693. The predicted molar refractivity (Wildman–Crippen MR) is 76.6 cm³/mol. The third kappa shape index (κ3) is 3.49. The van der Waals surface area contributed by atoms with Crippen molar-refractivity contribution in [3.8, 4) is 5.75 Å². The molecule has 0 N–H and O–H groups in total. The van der Waals surface area contributed by atoms with E-state index in [1.54, 1.807) is 7.11 Å². The van der Waals surface area contributed by atoms with Crippen LogP contribution in [0.4, 0.5) is 0 Å². The van der Waals surface area contributed by atoms with E-state index in [4.69, 9.17) is 4.74 Å². The Labute approximate surface area is 115 Å². The highest BCUT2D eigenvalue weighted by molar-refractivity contribution is 9.10. The molecular formula is C13H18Br2O. The molecule has 0 aliphatic rings. The number of hydrogen-bond acceptors (Lipinski definition) is 1. The van der Waals surface area contributed by atoms with E-state index in [0.717, 1.165) is 28.4 Å². The number of halogens is 2. The Morgan fingerprint density at radius 1 is 1.38 bits per heavy atom. The molecule has 0 heterocycles. The molecular weight excluding hydrogens is 332 g/mol. The maximum Gasteiger partial charge on any atom is 0.122 e. The predicted octanol–water partition coefficient (Wildman–Crippen LogP) is 4.81. The van der Waals surface area contributed by atoms with Crippen molar-refractivity contribution in [2.24, 2.45) is 5.41 Å². The topological polar surface area (TPSA) is 9.23 Å². The number of benzene rings is 1. The van der Waals surface area contributed by atoms with E-state index in [0.29, 0.717) is 0 Å². The van der Waals surface area contributed by atoms with Crippen LogP contribution in [-0.4, -0.2) is 12.4 Å². The number of rotatable bonds is 5. The van der Waals surface area contributed by atoms with E-state index in [2.05, 4.69) is 51.8 Å². The van der Waals surface area contributed by atoms with Crippen LogP contribution in [0.15, 0.2) is 22.7 Å². The molecule has 0 saturated heterocycles. The molecule has 3 heteroatoms. The monoisotopic (exact) mass is 348 g/mol. The largest absolute Gasteiger partial charge is 0.496 e. The van der Waals surface area contributed by atoms with Crippen molar-refractivity contribution in [2.75, 3.05) is 12.4 Å². The van der Waals surface area contributed by atoms with Gasteiger partial charge < -0.3 is 4.74 Å². The summed E-state index contributed by atoms with van der Waals surface area (Å²) in [6.07, 6.45) is 2.17. The minimum Gasteiger partial charge on any atom is -0.496 e. The van der Waals surface area contributed by atoms with Crippen LogP contribution in [0.25, 0.3) is 0 Å². The average Bonchev–Trinajstić information content (AvgIpc) is 2.29. The summed E-state index contributed by atoms with van der Waals surface area (Å²) >= 11 is 7.11. The minimum atomic E-state index is 0.286. The summed E-state index contributed by atoms with van der Waals surface area (Å²) in [5, 5.41) is 1.01. The van der Waals surface area contributed by atoms with Crippen molar-refractivity contribution in [1.29, 1.82) is 0 Å². The molecule has 1 aromatic rings. The SMILES string of the molecule is CCC(C)(CBr)Cc1cc(Br)ccc1OC. The van der Waals surface area contributed by atoms with Gasteiger partial charge in [0.15, 0.2) is 0 Å². The highest BCUT2D eigenvalue weighted by Crippen LogP contribution is 2.33. The fraction of sp³-hybridized carbons (Fsp3) is 0.538. The Balaban J connectivity index is 2.98. The lowest BCUT2D eigenvalue weighted by Crippen LogP contribution is -2.20. The summed E-state index contributed by atoms with van der Waals surface area (Å²) < 4.78 is 6.51. The lowest BCUT2D eigenvalue weighted by Gasteiger charge is -2.26. The van der Waals surface area contributed by atoms with Crippen molar-refractivity contribution in [2.45, 2.75) is 26.7 Å². The Morgan fingerprint density at radius 3 is 2.56 bits per heavy atom. The zero-order chi connectivity index (χ0) is 12.2. The van der Waals surface area contributed by atoms with Crippen LogP contribution < -0.4 is 4.74 Å². The number of methoxy groups -OCH3 is 1. The summed E-state index contributed by atoms with van der Waals surface area (Å²) in [7, 11) is 1.73. The van der Waals surface area contributed by atoms with Gasteiger partial charge in [0.05, 0.1) is 7.11 Å². The number of ether oxygens (including phenoxy) is 1. The molecule has 0 fully saturated rings. The van der Waals surface area contributed by atoms with E-state index in [1.807, 2.05) is 12.1 Å². The molecule has 0 aliphatic carbocycles. The van der Waals surface area contributed by atoms with Gasteiger partial charge in [-0.1, -0.05) is 45.7 Å². The van der Waals surface area contributed by atoms with Crippen LogP contribution in [0.3, 0.4) is 0 Å². The molecule has 1 rings (SSSR count). The molecule has 16 heavy (non-hydrogen) atoms. The molecule has 1 nitrogen and oxygen atoms in total. The fourth-order valence-corrected chi connectivity index (χ4v) is 2.62. The lowest BCUT2D eigenvalue weighted by molar-refractivity contribution is 0.347. The van der Waals surface area contributed by atoms with E-state index in [9.17, 15) is 0 Å². The van der Waals surface area contributed by atoms with E-state index < -0.39 is 0 Å². The first-order chi connectivity index (χ1) is 7.54. The molecule has 1 atom stereocenters. The second-order valence-electron chi connectivity index (χ2n) is 4.43. The van der Waals surface area contributed by atoms with E-state index >= 15 is 0 Å². The molecule has 90 valence electrons. The van der Waals surface area contributed by atoms with Crippen molar-refractivity contribution in [3.63, 3.8) is 0 Å². The summed E-state index contributed by atoms with van der Waals surface area (Å²) in [4.78, 5) is 0. The van der Waals surface area contributed by atoms with Gasteiger partial charge in [0.1, 0.15) is 5.75 Å².